The Balaban J connectivity index is 1.65. The largest absolute Gasteiger partial charge is 0.508 e. The molecule has 2 aliphatic rings. The normalized spacial score (nSPS) is 17.0. The van der Waals surface area contributed by atoms with Crippen molar-refractivity contribution >= 4 is 22.7 Å². The topological polar surface area (TPSA) is 125 Å². The number of allylic oxidation sites excluding steroid dienone is 1. The van der Waals surface area contributed by atoms with E-state index < -0.39 is 17.3 Å². The average molecular weight is 507 g/mol. The van der Waals surface area contributed by atoms with Crippen molar-refractivity contribution in [2.24, 2.45) is 0 Å². The van der Waals surface area contributed by atoms with E-state index in [1.807, 2.05) is 4.90 Å². The zero-order valence-corrected chi connectivity index (χ0v) is 20.3. The number of ether oxygens (including phenoxy) is 4. The molecule has 1 saturated heterocycles. The number of benzene rings is 2. The summed E-state index contributed by atoms with van der Waals surface area (Å²) in [6.07, 6.45) is 2.57. The Kier molecular flexibility index (Phi) is 6.58. The molecule has 10 nitrogen and oxygen atoms in total. The molecule has 3 aromatic rings. The van der Waals surface area contributed by atoms with Crippen LogP contribution in [0.15, 0.2) is 57.8 Å². The van der Waals surface area contributed by atoms with Crippen LogP contribution in [0.5, 0.6) is 17.2 Å². The van der Waals surface area contributed by atoms with Gasteiger partial charge in [0.1, 0.15) is 22.8 Å². The highest BCUT2D eigenvalue weighted by atomic mass is 16.5. The van der Waals surface area contributed by atoms with Gasteiger partial charge in [-0.25, -0.2) is 0 Å². The summed E-state index contributed by atoms with van der Waals surface area (Å²) in [7, 11) is 2.71. The number of fused-ring (bicyclic) bond motifs is 2. The Bertz CT molecular complexity index is 1470. The minimum absolute atomic E-state index is 0.0795. The fraction of sp³-hybridized carbons (Fsp3) is 0.296. The predicted octanol–water partition coefficient (Wildman–Crippen LogP) is 2.95. The summed E-state index contributed by atoms with van der Waals surface area (Å²) >= 11 is 0. The molecule has 1 unspecified atom stereocenters. The fourth-order valence-corrected chi connectivity index (χ4v) is 4.57. The molecule has 0 spiro atoms. The summed E-state index contributed by atoms with van der Waals surface area (Å²) < 4.78 is 27.2. The number of nitrogens with zero attached hydrogens (tertiary/aromatic N) is 1. The van der Waals surface area contributed by atoms with Gasteiger partial charge in [-0.2, -0.15) is 0 Å². The molecule has 0 bridgehead atoms. The molecule has 10 heteroatoms. The van der Waals surface area contributed by atoms with Crippen molar-refractivity contribution in [3.05, 3.63) is 75.5 Å². The first-order valence-corrected chi connectivity index (χ1v) is 11.7. The molecule has 3 heterocycles. The smallest absolute Gasteiger partial charge is 0.306 e. The molecule has 1 fully saturated rings. The fourth-order valence-electron chi connectivity index (χ4n) is 4.57. The molecule has 37 heavy (non-hydrogen) atoms. The van der Waals surface area contributed by atoms with Gasteiger partial charge in [-0.3, -0.25) is 14.4 Å². The van der Waals surface area contributed by atoms with Gasteiger partial charge in [-0.05, 0) is 30.3 Å². The van der Waals surface area contributed by atoms with E-state index >= 15 is 0 Å². The number of carbonyl (C=O) groups is 2. The van der Waals surface area contributed by atoms with Crippen LogP contribution in [-0.2, 0) is 14.3 Å². The van der Waals surface area contributed by atoms with Crippen LogP contribution in [0.3, 0.4) is 0 Å². The average Bonchev–Trinajstić information content (AvgIpc) is 3.23. The first kappa shape index (κ1) is 24.4. The van der Waals surface area contributed by atoms with E-state index in [2.05, 4.69) is 0 Å². The SMILES string of the molecule is COC(=O)CC(c1c(O)ccc2c1OC(=CN1CCOCC1)C2=O)c1coc2ccc(OC)cc2c1=O. The van der Waals surface area contributed by atoms with Gasteiger partial charge in [-0.15, -0.1) is 0 Å². The Hall–Kier alpha value is -4.31. The highest BCUT2D eigenvalue weighted by molar-refractivity contribution is 6.12. The van der Waals surface area contributed by atoms with Crippen molar-refractivity contribution < 1.29 is 38.1 Å². The molecule has 1 aromatic heterocycles. The maximum Gasteiger partial charge on any atom is 0.306 e. The first-order chi connectivity index (χ1) is 17.9. The van der Waals surface area contributed by atoms with Crippen molar-refractivity contribution in [3.63, 3.8) is 0 Å². The van der Waals surface area contributed by atoms with E-state index in [1.165, 1.54) is 32.6 Å². The van der Waals surface area contributed by atoms with E-state index in [4.69, 9.17) is 23.4 Å². The van der Waals surface area contributed by atoms with Crippen LogP contribution in [0.4, 0.5) is 0 Å². The van der Waals surface area contributed by atoms with Gasteiger partial charge in [0.25, 0.3) is 0 Å². The lowest BCUT2D eigenvalue weighted by Crippen LogP contribution is -2.32. The van der Waals surface area contributed by atoms with Crippen LogP contribution in [0.2, 0.25) is 0 Å². The summed E-state index contributed by atoms with van der Waals surface area (Å²) in [5.74, 6) is -1.63. The number of aromatic hydroxyl groups is 1. The lowest BCUT2D eigenvalue weighted by molar-refractivity contribution is -0.140. The van der Waals surface area contributed by atoms with E-state index in [9.17, 15) is 19.5 Å². The second kappa shape index (κ2) is 9.98. The van der Waals surface area contributed by atoms with Gasteiger partial charge >= 0.3 is 5.97 Å². The van der Waals surface area contributed by atoms with Crippen molar-refractivity contribution in [1.82, 2.24) is 4.90 Å². The molecular formula is C27H25NO9. The lowest BCUT2D eigenvalue weighted by Gasteiger charge is -2.25. The zero-order valence-electron chi connectivity index (χ0n) is 20.3. The van der Waals surface area contributed by atoms with Gasteiger partial charge in [0, 0.05) is 36.3 Å². The number of hydrogen-bond donors (Lipinski definition) is 1. The molecule has 1 N–H and O–H groups in total. The Morgan fingerprint density at radius 2 is 1.95 bits per heavy atom. The van der Waals surface area contributed by atoms with Crippen molar-refractivity contribution in [2.45, 2.75) is 12.3 Å². The van der Waals surface area contributed by atoms with Gasteiger partial charge < -0.3 is 33.4 Å². The third-order valence-corrected chi connectivity index (χ3v) is 6.53. The van der Waals surface area contributed by atoms with Crippen LogP contribution < -0.4 is 14.9 Å². The monoisotopic (exact) mass is 507 g/mol. The molecule has 5 rings (SSSR count). The maximum atomic E-state index is 13.6. The van der Waals surface area contributed by atoms with Crippen LogP contribution in [0, 0.1) is 0 Å². The number of Topliss-reactive ketones (excluding diaryl/α,β-unsaturated/α-hetero) is 1. The van der Waals surface area contributed by atoms with Crippen molar-refractivity contribution in [3.8, 4) is 17.2 Å². The summed E-state index contributed by atoms with van der Waals surface area (Å²) in [6.45, 7) is 2.25. The summed E-state index contributed by atoms with van der Waals surface area (Å²) in [4.78, 5) is 41.1. The number of phenols is 1. The molecule has 0 saturated carbocycles. The first-order valence-electron chi connectivity index (χ1n) is 11.7. The van der Waals surface area contributed by atoms with E-state index in [0.717, 1.165) is 0 Å². The second-order valence-electron chi connectivity index (χ2n) is 8.66. The Labute approximate surface area is 211 Å². The Morgan fingerprint density at radius 1 is 1.16 bits per heavy atom. The summed E-state index contributed by atoms with van der Waals surface area (Å²) in [5.41, 5.74) is 0.345. The van der Waals surface area contributed by atoms with Gasteiger partial charge in [-0.1, -0.05) is 0 Å². The minimum Gasteiger partial charge on any atom is -0.508 e. The minimum atomic E-state index is -1.02. The summed E-state index contributed by atoms with van der Waals surface area (Å²) in [5, 5.41) is 11.2. The third-order valence-electron chi connectivity index (χ3n) is 6.53. The number of hydrogen-bond acceptors (Lipinski definition) is 10. The molecule has 0 radical (unpaired) electrons. The molecule has 0 amide bonds. The molecule has 2 aliphatic heterocycles. The number of ketones is 1. The molecular weight excluding hydrogens is 482 g/mol. The van der Waals surface area contributed by atoms with Gasteiger partial charge in [0.2, 0.25) is 5.78 Å². The van der Waals surface area contributed by atoms with Crippen LogP contribution in [-0.4, -0.2) is 62.3 Å². The molecule has 192 valence electrons. The number of phenolic OH excluding ortho intramolecular Hbond substituents is 1. The number of carbonyl (C=O) groups excluding carboxylic acids is 2. The van der Waals surface area contributed by atoms with E-state index in [0.29, 0.717) is 37.6 Å². The van der Waals surface area contributed by atoms with Crippen LogP contribution >= 0.6 is 0 Å². The predicted molar refractivity (Wildman–Crippen MR) is 131 cm³/mol. The maximum absolute atomic E-state index is 13.6. The summed E-state index contributed by atoms with van der Waals surface area (Å²) in [6, 6.07) is 7.62. The highest BCUT2D eigenvalue weighted by Crippen LogP contribution is 2.46. The van der Waals surface area contributed by atoms with E-state index in [1.54, 1.807) is 24.4 Å². The van der Waals surface area contributed by atoms with Crippen molar-refractivity contribution in [2.75, 3.05) is 40.5 Å². The molecule has 2 aromatic carbocycles. The number of esters is 1. The zero-order chi connectivity index (χ0) is 26.1. The molecule has 1 atom stereocenters. The lowest BCUT2D eigenvalue weighted by atomic mass is 9.86. The number of rotatable bonds is 6. The van der Waals surface area contributed by atoms with Crippen LogP contribution in [0.25, 0.3) is 11.0 Å². The molecule has 0 aliphatic carbocycles. The number of morpholine rings is 1. The Morgan fingerprint density at radius 3 is 2.68 bits per heavy atom. The van der Waals surface area contributed by atoms with E-state index in [-0.39, 0.29) is 51.5 Å². The quantitative estimate of drug-likeness (QED) is 0.393. The van der Waals surface area contributed by atoms with Gasteiger partial charge in [0.15, 0.2) is 11.2 Å². The second-order valence-corrected chi connectivity index (χ2v) is 8.66. The van der Waals surface area contributed by atoms with Gasteiger partial charge in [0.05, 0.1) is 51.1 Å². The van der Waals surface area contributed by atoms with Crippen LogP contribution in [0.1, 0.15) is 33.8 Å². The number of methoxy groups -OCH3 is 2. The standard InChI is InChI=1S/C27H25NO9/c1-33-15-3-6-21-18(11-15)25(31)19(14-36-21)17(12-23(30)34-2)24-20(29)5-4-16-26(32)22(37-27(16)24)13-28-7-9-35-10-8-28/h3-6,11,13-14,17,29H,7-10,12H2,1-2H3. The van der Waals surface area contributed by atoms with Crippen molar-refractivity contribution in [1.29, 1.82) is 0 Å². The highest BCUT2D eigenvalue weighted by Gasteiger charge is 2.37. The third kappa shape index (κ3) is 4.51.